The van der Waals surface area contributed by atoms with E-state index in [1.165, 1.54) is 0 Å². The molecule has 1 aromatic heterocycles. The normalized spacial score (nSPS) is 14.1. The Bertz CT molecular complexity index is 1210. The van der Waals surface area contributed by atoms with E-state index in [0.717, 1.165) is 22.3 Å². The molecule has 182 valence electrons. The minimum Gasteiger partial charge on any atom is -0.481 e. The Labute approximate surface area is 201 Å². The molecular weight excluding hydrogens is 452 g/mol. The van der Waals surface area contributed by atoms with E-state index < -0.39 is 29.9 Å². The quantitative estimate of drug-likeness (QED) is 0.442. The van der Waals surface area contributed by atoms with E-state index in [-0.39, 0.29) is 30.0 Å². The molecule has 0 fully saturated rings. The summed E-state index contributed by atoms with van der Waals surface area (Å²) in [6, 6.07) is 15.2. The van der Waals surface area contributed by atoms with Crippen molar-refractivity contribution in [1.29, 1.82) is 0 Å². The topological polar surface area (TPSA) is 144 Å². The van der Waals surface area contributed by atoms with Crippen molar-refractivity contribution in [3.8, 4) is 11.1 Å². The monoisotopic (exact) mass is 478 g/mol. The molecule has 0 saturated heterocycles. The number of rotatable bonds is 8. The van der Waals surface area contributed by atoms with Crippen molar-refractivity contribution < 1.29 is 28.9 Å². The van der Waals surface area contributed by atoms with Crippen molar-refractivity contribution in [3.63, 3.8) is 0 Å². The number of aliphatic carboxylic acids is 1. The maximum Gasteiger partial charge on any atom is 0.412 e. The second-order valence-electron chi connectivity index (χ2n) is 8.78. The highest BCUT2D eigenvalue weighted by Gasteiger charge is 2.32. The van der Waals surface area contributed by atoms with Gasteiger partial charge in [0.05, 0.1) is 5.92 Å². The number of fused-ring (bicyclic) bond motifs is 3. The van der Waals surface area contributed by atoms with Crippen LogP contribution in [-0.4, -0.2) is 46.0 Å². The highest BCUT2D eigenvalue weighted by Crippen LogP contribution is 2.44. The van der Waals surface area contributed by atoms with Crippen molar-refractivity contribution in [2.45, 2.75) is 32.7 Å². The number of ether oxygens (including phenoxy) is 1. The Hall–Kier alpha value is -4.21. The van der Waals surface area contributed by atoms with E-state index in [1.807, 2.05) is 48.5 Å². The van der Waals surface area contributed by atoms with Crippen molar-refractivity contribution in [2.75, 3.05) is 11.9 Å². The van der Waals surface area contributed by atoms with Gasteiger partial charge in [-0.2, -0.15) is 0 Å². The molecular formula is C25H26N4O6. The first-order valence-electron chi connectivity index (χ1n) is 11.3. The summed E-state index contributed by atoms with van der Waals surface area (Å²) < 4.78 is 10.1. The molecule has 35 heavy (non-hydrogen) atoms. The molecule has 2 aromatic carbocycles. The molecule has 0 spiro atoms. The van der Waals surface area contributed by atoms with E-state index >= 15 is 0 Å². The Morgan fingerprint density at radius 3 is 2.17 bits per heavy atom. The lowest BCUT2D eigenvalue weighted by Gasteiger charge is -2.24. The molecule has 1 aliphatic carbocycles. The van der Waals surface area contributed by atoms with E-state index in [9.17, 15) is 19.5 Å². The van der Waals surface area contributed by atoms with Crippen molar-refractivity contribution in [2.24, 2.45) is 11.8 Å². The van der Waals surface area contributed by atoms with Gasteiger partial charge in [-0.05, 0) is 45.4 Å². The number of benzene rings is 2. The third-order valence-corrected chi connectivity index (χ3v) is 6.17. The van der Waals surface area contributed by atoms with E-state index in [0.29, 0.717) is 0 Å². The van der Waals surface area contributed by atoms with Gasteiger partial charge in [0.15, 0.2) is 0 Å². The Kier molecular flexibility index (Phi) is 6.81. The van der Waals surface area contributed by atoms with Gasteiger partial charge in [0, 0.05) is 12.0 Å². The van der Waals surface area contributed by atoms with Crippen LogP contribution in [0.3, 0.4) is 0 Å². The van der Waals surface area contributed by atoms with Crippen LogP contribution in [0.25, 0.3) is 11.1 Å². The summed E-state index contributed by atoms with van der Waals surface area (Å²) in [7, 11) is 0. The zero-order valence-electron chi connectivity index (χ0n) is 19.5. The van der Waals surface area contributed by atoms with Gasteiger partial charge in [-0.25, -0.2) is 9.42 Å². The average molecular weight is 479 g/mol. The van der Waals surface area contributed by atoms with Gasteiger partial charge >= 0.3 is 12.1 Å². The summed E-state index contributed by atoms with van der Waals surface area (Å²) in [6.45, 7) is 5.17. The van der Waals surface area contributed by atoms with Crippen molar-refractivity contribution >= 4 is 23.8 Å². The Morgan fingerprint density at radius 2 is 1.60 bits per heavy atom. The van der Waals surface area contributed by atoms with Crippen molar-refractivity contribution in [3.05, 3.63) is 65.4 Å². The van der Waals surface area contributed by atoms with Gasteiger partial charge in [0.1, 0.15) is 6.61 Å². The first-order chi connectivity index (χ1) is 16.8. The third kappa shape index (κ3) is 4.86. The zero-order valence-corrected chi connectivity index (χ0v) is 19.5. The summed E-state index contributed by atoms with van der Waals surface area (Å²) in [6.07, 6.45) is -0.824. The van der Waals surface area contributed by atoms with Crippen LogP contribution in [0.1, 0.15) is 48.3 Å². The number of carboxylic acid groups (broad SMARTS) is 1. The molecule has 10 heteroatoms. The molecule has 2 unspecified atom stereocenters. The number of carboxylic acids is 1. The lowest BCUT2D eigenvalue weighted by molar-refractivity contribution is -0.144. The highest BCUT2D eigenvalue weighted by atomic mass is 16.6. The predicted molar refractivity (Wildman–Crippen MR) is 126 cm³/mol. The minimum absolute atomic E-state index is 0.0817. The van der Waals surface area contributed by atoms with Gasteiger partial charge in [-0.15, -0.1) is 0 Å². The molecule has 10 nitrogen and oxygen atoms in total. The maximum absolute atomic E-state index is 12.7. The fourth-order valence-electron chi connectivity index (χ4n) is 4.59. The average Bonchev–Trinajstić information content (AvgIpc) is 3.39. The number of amides is 2. The first kappa shape index (κ1) is 23.9. The van der Waals surface area contributed by atoms with Crippen molar-refractivity contribution in [1.82, 2.24) is 15.6 Å². The van der Waals surface area contributed by atoms with E-state index in [4.69, 9.17) is 4.74 Å². The van der Waals surface area contributed by atoms with Gasteiger partial charge in [-0.1, -0.05) is 62.4 Å². The van der Waals surface area contributed by atoms with Crippen LogP contribution in [0.4, 0.5) is 10.6 Å². The predicted octanol–water partition coefficient (Wildman–Crippen LogP) is 3.91. The number of nitrogens with zero attached hydrogens (tertiary/aromatic N) is 2. The molecule has 0 bridgehead atoms. The standard InChI is InChI=1S/C25H26N4O6/c1-13(2)20(24(31)32)14(3)26-23(30)21-22(29-35-28-21)27-25(33)34-12-19-17-10-6-4-8-15(17)16-9-5-7-11-18(16)19/h4-11,13-14,19-20H,12H2,1-3H3,(H,26,30)(H,31,32)(H,27,29,33). The van der Waals surface area contributed by atoms with Crippen LogP contribution in [0, 0.1) is 11.8 Å². The number of hydrogen-bond donors (Lipinski definition) is 3. The number of anilines is 1. The second-order valence-corrected chi connectivity index (χ2v) is 8.78. The first-order valence-corrected chi connectivity index (χ1v) is 11.3. The fraction of sp³-hybridized carbons (Fsp3) is 0.320. The van der Waals surface area contributed by atoms with Crippen LogP contribution in [0.15, 0.2) is 53.2 Å². The fourth-order valence-corrected chi connectivity index (χ4v) is 4.59. The van der Waals surface area contributed by atoms with Crippen LogP contribution >= 0.6 is 0 Å². The molecule has 2 amide bonds. The smallest absolute Gasteiger partial charge is 0.412 e. The molecule has 3 aromatic rings. The second kappa shape index (κ2) is 9.96. The number of carbonyl (C=O) groups is 3. The molecule has 3 N–H and O–H groups in total. The number of carbonyl (C=O) groups excluding carboxylic acids is 2. The molecule has 0 radical (unpaired) electrons. The molecule has 1 aliphatic rings. The summed E-state index contributed by atoms with van der Waals surface area (Å²) in [4.78, 5) is 36.7. The maximum atomic E-state index is 12.7. The minimum atomic E-state index is -1.02. The summed E-state index contributed by atoms with van der Waals surface area (Å²) >= 11 is 0. The molecule has 0 saturated carbocycles. The number of hydrogen-bond acceptors (Lipinski definition) is 7. The van der Waals surface area contributed by atoms with Crippen LogP contribution in [-0.2, 0) is 9.53 Å². The Balaban J connectivity index is 1.40. The number of nitrogens with one attached hydrogen (secondary N) is 2. The summed E-state index contributed by atoms with van der Waals surface area (Å²) in [5.41, 5.74) is 4.06. The molecule has 2 atom stereocenters. The van der Waals surface area contributed by atoms with Crippen LogP contribution < -0.4 is 10.6 Å². The molecule has 4 rings (SSSR count). The summed E-state index contributed by atoms with van der Waals surface area (Å²) in [5.74, 6) is -3.11. The van der Waals surface area contributed by atoms with Crippen LogP contribution in [0.2, 0.25) is 0 Å². The van der Waals surface area contributed by atoms with Gasteiger partial charge < -0.3 is 15.2 Å². The lowest BCUT2D eigenvalue weighted by atomic mass is 9.89. The van der Waals surface area contributed by atoms with E-state index in [2.05, 4.69) is 25.6 Å². The molecule has 1 heterocycles. The van der Waals surface area contributed by atoms with Gasteiger partial charge in [0.25, 0.3) is 5.91 Å². The van der Waals surface area contributed by atoms with Crippen LogP contribution in [0.5, 0.6) is 0 Å². The zero-order chi connectivity index (χ0) is 25.1. The van der Waals surface area contributed by atoms with Gasteiger partial charge in [0.2, 0.25) is 11.5 Å². The Morgan fingerprint density at radius 1 is 1.00 bits per heavy atom. The largest absolute Gasteiger partial charge is 0.481 e. The highest BCUT2D eigenvalue weighted by molar-refractivity contribution is 5.99. The SMILES string of the molecule is CC(C)C(C(=O)O)C(C)NC(=O)c1nonc1NC(=O)OCC1c2ccccc2-c2ccccc21. The lowest BCUT2D eigenvalue weighted by Crippen LogP contribution is -2.43. The summed E-state index contributed by atoms with van der Waals surface area (Å²) in [5, 5.41) is 21.5. The third-order valence-electron chi connectivity index (χ3n) is 6.17. The van der Waals surface area contributed by atoms with Gasteiger partial charge in [-0.3, -0.25) is 14.9 Å². The van der Waals surface area contributed by atoms with E-state index in [1.54, 1.807) is 20.8 Å². The number of aromatic nitrogens is 2. The molecule has 0 aliphatic heterocycles.